The Morgan fingerprint density at radius 1 is 1.50 bits per heavy atom. The Kier molecular flexibility index (Phi) is 2.28. The summed E-state index contributed by atoms with van der Waals surface area (Å²) in [5.41, 5.74) is 3.24. The number of rotatable bonds is 1. The number of methoxy groups -OCH3 is 1. The summed E-state index contributed by atoms with van der Waals surface area (Å²) >= 11 is 0. The number of fused-ring (bicyclic) bond motifs is 1. The maximum absolute atomic E-state index is 11.5. The smallest absolute Gasteiger partial charge is 0.338 e. The lowest BCUT2D eigenvalue weighted by molar-refractivity contribution is 0.0599. The first-order chi connectivity index (χ1) is 6.74. The van der Waals surface area contributed by atoms with Crippen LogP contribution in [0.2, 0.25) is 0 Å². The summed E-state index contributed by atoms with van der Waals surface area (Å²) in [5.74, 6) is 0.366. The molecule has 0 radical (unpaired) electrons. The topological polar surface area (TPSA) is 26.3 Å². The molecule has 0 N–H and O–H groups in total. The van der Waals surface area contributed by atoms with Gasteiger partial charge in [-0.15, -0.1) is 0 Å². The molecule has 0 aliphatic heterocycles. The standard InChI is InChI=1S/C12H14O2/c1-8-6-7-10-9(8)4-3-5-11(10)12(13)14-2/h3-5,8H,6-7H2,1-2H3. The molecule has 2 rings (SSSR count). The summed E-state index contributed by atoms with van der Waals surface area (Å²) in [6.45, 7) is 2.20. The van der Waals surface area contributed by atoms with Crippen molar-refractivity contribution in [2.75, 3.05) is 7.11 Å². The highest BCUT2D eigenvalue weighted by Crippen LogP contribution is 2.34. The van der Waals surface area contributed by atoms with Crippen molar-refractivity contribution in [2.45, 2.75) is 25.7 Å². The van der Waals surface area contributed by atoms with Crippen LogP contribution in [0.5, 0.6) is 0 Å². The molecule has 74 valence electrons. The van der Waals surface area contributed by atoms with Crippen molar-refractivity contribution < 1.29 is 9.53 Å². The Hall–Kier alpha value is -1.31. The largest absolute Gasteiger partial charge is 0.465 e. The number of benzene rings is 1. The van der Waals surface area contributed by atoms with Crippen LogP contribution >= 0.6 is 0 Å². The summed E-state index contributed by atoms with van der Waals surface area (Å²) in [5, 5.41) is 0. The van der Waals surface area contributed by atoms with Crippen molar-refractivity contribution >= 4 is 5.97 Å². The molecule has 0 aromatic heterocycles. The van der Waals surface area contributed by atoms with E-state index in [1.807, 2.05) is 12.1 Å². The zero-order chi connectivity index (χ0) is 10.1. The minimum Gasteiger partial charge on any atom is -0.465 e. The van der Waals surface area contributed by atoms with Crippen LogP contribution in [-0.2, 0) is 11.2 Å². The number of hydrogen-bond acceptors (Lipinski definition) is 2. The van der Waals surface area contributed by atoms with Crippen molar-refractivity contribution in [1.29, 1.82) is 0 Å². The Bertz CT molecular complexity index is 369. The number of hydrogen-bond donors (Lipinski definition) is 0. The second kappa shape index (κ2) is 3.45. The van der Waals surface area contributed by atoms with Crippen LogP contribution in [0.1, 0.15) is 40.7 Å². The van der Waals surface area contributed by atoms with Gasteiger partial charge in [0.1, 0.15) is 0 Å². The normalized spacial score (nSPS) is 19.1. The number of esters is 1. The fraction of sp³-hybridized carbons (Fsp3) is 0.417. The highest BCUT2D eigenvalue weighted by Gasteiger charge is 2.23. The minimum absolute atomic E-state index is 0.212. The maximum atomic E-state index is 11.5. The Labute approximate surface area is 83.9 Å². The van der Waals surface area contributed by atoms with Crippen LogP contribution in [0.3, 0.4) is 0 Å². The average Bonchev–Trinajstić information content (AvgIpc) is 2.59. The van der Waals surface area contributed by atoms with Gasteiger partial charge in [0, 0.05) is 0 Å². The fourth-order valence-corrected chi connectivity index (χ4v) is 2.16. The van der Waals surface area contributed by atoms with Gasteiger partial charge in [0.15, 0.2) is 0 Å². The molecule has 0 heterocycles. The van der Waals surface area contributed by atoms with Crippen molar-refractivity contribution in [2.24, 2.45) is 0 Å². The van der Waals surface area contributed by atoms with Gasteiger partial charge in [0.2, 0.25) is 0 Å². The summed E-state index contributed by atoms with van der Waals surface area (Å²) in [4.78, 5) is 11.5. The van der Waals surface area contributed by atoms with E-state index >= 15 is 0 Å². The molecule has 0 fully saturated rings. The predicted molar refractivity (Wildman–Crippen MR) is 54.5 cm³/mol. The van der Waals surface area contributed by atoms with Crippen LogP contribution in [0.4, 0.5) is 0 Å². The first kappa shape index (κ1) is 9.25. The minimum atomic E-state index is -0.212. The lowest BCUT2D eigenvalue weighted by atomic mass is 10.00. The van der Waals surface area contributed by atoms with Gasteiger partial charge < -0.3 is 4.74 Å². The number of ether oxygens (including phenoxy) is 1. The lowest BCUT2D eigenvalue weighted by Gasteiger charge is -2.07. The Morgan fingerprint density at radius 2 is 2.29 bits per heavy atom. The Balaban J connectivity index is 2.49. The summed E-state index contributed by atoms with van der Waals surface area (Å²) in [6.07, 6.45) is 2.14. The van der Waals surface area contributed by atoms with Crippen LogP contribution < -0.4 is 0 Å². The molecule has 2 nitrogen and oxygen atoms in total. The first-order valence-electron chi connectivity index (χ1n) is 4.94. The van der Waals surface area contributed by atoms with E-state index in [0.29, 0.717) is 5.92 Å². The number of carbonyl (C=O) groups excluding carboxylic acids is 1. The van der Waals surface area contributed by atoms with Crippen molar-refractivity contribution in [3.05, 3.63) is 34.9 Å². The molecule has 0 bridgehead atoms. The summed E-state index contributed by atoms with van der Waals surface area (Å²) in [6, 6.07) is 5.90. The van der Waals surface area contributed by atoms with Crippen molar-refractivity contribution in [3.8, 4) is 0 Å². The second-order valence-electron chi connectivity index (χ2n) is 3.80. The van der Waals surface area contributed by atoms with Gasteiger partial charge in [-0.2, -0.15) is 0 Å². The fourth-order valence-electron chi connectivity index (χ4n) is 2.16. The van der Waals surface area contributed by atoms with Gasteiger partial charge in [0.25, 0.3) is 0 Å². The molecule has 1 unspecified atom stereocenters. The molecule has 1 aliphatic carbocycles. The molecule has 1 aliphatic rings. The summed E-state index contributed by atoms with van der Waals surface area (Å²) < 4.78 is 4.76. The van der Waals surface area contributed by atoms with Gasteiger partial charge in [-0.05, 0) is 36.0 Å². The third-order valence-electron chi connectivity index (χ3n) is 2.98. The monoisotopic (exact) mass is 190 g/mol. The maximum Gasteiger partial charge on any atom is 0.338 e. The van der Waals surface area contributed by atoms with E-state index < -0.39 is 0 Å². The van der Waals surface area contributed by atoms with E-state index in [-0.39, 0.29) is 5.97 Å². The molecule has 0 amide bonds. The van der Waals surface area contributed by atoms with Gasteiger partial charge >= 0.3 is 5.97 Å². The molecular formula is C12H14O2. The molecule has 1 atom stereocenters. The second-order valence-corrected chi connectivity index (χ2v) is 3.80. The van der Waals surface area contributed by atoms with Gasteiger partial charge in [-0.1, -0.05) is 19.1 Å². The predicted octanol–water partition coefficient (Wildman–Crippen LogP) is 2.52. The van der Waals surface area contributed by atoms with E-state index in [2.05, 4.69) is 13.0 Å². The van der Waals surface area contributed by atoms with E-state index in [1.165, 1.54) is 18.2 Å². The molecule has 1 aromatic rings. The van der Waals surface area contributed by atoms with Crippen molar-refractivity contribution in [1.82, 2.24) is 0 Å². The Morgan fingerprint density at radius 3 is 3.00 bits per heavy atom. The van der Waals surface area contributed by atoms with E-state index in [1.54, 1.807) is 0 Å². The van der Waals surface area contributed by atoms with Gasteiger partial charge in [-0.25, -0.2) is 4.79 Å². The van der Waals surface area contributed by atoms with Crippen molar-refractivity contribution in [3.63, 3.8) is 0 Å². The molecule has 0 saturated heterocycles. The molecule has 14 heavy (non-hydrogen) atoms. The quantitative estimate of drug-likeness (QED) is 0.636. The van der Waals surface area contributed by atoms with Crippen LogP contribution in [-0.4, -0.2) is 13.1 Å². The van der Waals surface area contributed by atoms with Crippen LogP contribution in [0, 0.1) is 0 Å². The zero-order valence-electron chi connectivity index (χ0n) is 8.54. The lowest BCUT2D eigenvalue weighted by Crippen LogP contribution is -2.05. The third kappa shape index (κ3) is 1.31. The molecule has 0 saturated carbocycles. The van der Waals surface area contributed by atoms with E-state index in [0.717, 1.165) is 18.4 Å². The summed E-state index contributed by atoms with van der Waals surface area (Å²) in [7, 11) is 1.43. The van der Waals surface area contributed by atoms with Gasteiger partial charge in [0.05, 0.1) is 12.7 Å². The highest BCUT2D eigenvalue weighted by atomic mass is 16.5. The molecule has 0 spiro atoms. The third-order valence-corrected chi connectivity index (χ3v) is 2.98. The van der Waals surface area contributed by atoms with Crippen LogP contribution in [0.15, 0.2) is 18.2 Å². The molecular weight excluding hydrogens is 176 g/mol. The zero-order valence-corrected chi connectivity index (χ0v) is 8.54. The first-order valence-corrected chi connectivity index (χ1v) is 4.94. The number of carbonyl (C=O) groups is 1. The van der Waals surface area contributed by atoms with Crippen LogP contribution in [0.25, 0.3) is 0 Å². The molecule has 2 heteroatoms. The SMILES string of the molecule is COC(=O)c1cccc2c1CCC2C. The average molecular weight is 190 g/mol. The van der Waals surface area contributed by atoms with E-state index in [4.69, 9.17) is 4.74 Å². The highest BCUT2D eigenvalue weighted by molar-refractivity contribution is 5.91. The van der Waals surface area contributed by atoms with E-state index in [9.17, 15) is 4.79 Å². The molecule has 1 aromatic carbocycles. The van der Waals surface area contributed by atoms with Gasteiger partial charge in [-0.3, -0.25) is 0 Å².